The number of carboxylic acids is 1. The average Bonchev–Trinajstić information content (AvgIpc) is 3.46. The molecule has 0 saturated carbocycles. The van der Waals surface area contributed by atoms with Gasteiger partial charge in [-0.3, -0.25) is 9.59 Å². The number of carboxylic acid groups (broad SMARTS) is 1. The van der Waals surface area contributed by atoms with Crippen LogP contribution in [0.1, 0.15) is 51.1 Å². The van der Waals surface area contributed by atoms with Crippen molar-refractivity contribution in [2.75, 3.05) is 5.73 Å². The summed E-state index contributed by atoms with van der Waals surface area (Å²) >= 11 is 2.66. The van der Waals surface area contributed by atoms with E-state index in [1.165, 1.54) is 28.0 Å². The summed E-state index contributed by atoms with van der Waals surface area (Å²) in [6.45, 7) is 3.55. The maximum absolute atomic E-state index is 13.3. The van der Waals surface area contributed by atoms with Crippen LogP contribution >= 0.6 is 23.1 Å². The first-order valence-corrected chi connectivity index (χ1v) is 12.3. The number of nitrogens with zero attached hydrogens (tertiary/aromatic N) is 2. The Hall–Kier alpha value is -0.850. The zero-order valence-electron chi connectivity index (χ0n) is 18.3. The second-order valence-electron chi connectivity index (χ2n) is 9.33. The molecule has 4 aliphatic heterocycles. The first kappa shape index (κ1) is 24.3. The van der Waals surface area contributed by atoms with Crippen LogP contribution in [-0.2, 0) is 19.1 Å². The average molecular weight is 489 g/mol. The van der Waals surface area contributed by atoms with Gasteiger partial charge in [0.25, 0.3) is 0 Å². The van der Waals surface area contributed by atoms with E-state index in [9.17, 15) is 19.5 Å². The molecule has 4 unspecified atom stereocenters. The molecule has 0 aromatic carbocycles. The number of fused-ring (bicyclic) bond motifs is 3. The molecule has 32 heavy (non-hydrogen) atoms. The summed E-state index contributed by atoms with van der Waals surface area (Å²) in [5, 5.41) is 16.3. The number of ether oxygens (including phenoxy) is 1. The van der Waals surface area contributed by atoms with E-state index in [1.807, 2.05) is 0 Å². The summed E-state index contributed by atoms with van der Waals surface area (Å²) in [5.41, 5.74) is 6.42. The minimum absolute atomic E-state index is 0. The summed E-state index contributed by atoms with van der Waals surface area (Å²) in [4.78, 5) is 43.3. The molecule has 0 aliphatic carbocycles. The second-order valence-corrected chi connectivity index (χ2v) is 12.0. The third kappa shape index (κ3) is 3.98. The molecule has 1 aromatic heterocycles. The molecule has 7 atom stereocenters. The molecular formula is C20H25N4NaO5S2. The first-order valence-electron chi connectivity index (χ1n) is 10.5. The molecular weight excluding hydrogens is 463 g/mol. The Balaban J connectivity index is 0.00000245. The largest absolute Gasteiger partial charge is 1.00 e. The zero-order valence-corrected chi connectivity index (χ0v) is 21.9. The summed E-state index contributed by atoms with van der Waals surface area (Å²) in [6.07, 6.45) is 4.06. The van der Waals surface area contributed by atoms with Crippen molar-refractivity contribution < 1.29 is 53.8 Å². The predicted molar refractivity (Wildman–Crippen MR) is 113 cm³/mol. The van der Waals surface area contributed by atoms with Crippen molar-refractivity contribution in [3.8, 4) is 0 Å². The molecule has 2 amide bonds. The van der Waals surface area contributed by atoms with Gasteiger partial charge in [0, 0.05) is 10.1 Å². The number of carbonyl (C=O) groups excluding carboxylic acids is 3. The van der Waals surface area contributed by atoms with Crippen LogP contribution in [0.2, 0.25) is 0 Å². The maximum Gasteiger partial charge on any atom is 1.00 e. The molecule has 12 heteroatoms. The third-order valence-corrected chi connectivity index (χ3v) is 9.21. The minimum Gasteiger partial charge on any atom is -0.548 e. The topological polar surface area (TPSA) is 138 Å². The van der Waals surface area contributed by atoms with Gasteiger partial charge in [0.15, 0.2) is 5.13 Å². The Kier molecular flexibility index (Phi) is 6.63. The van der Waals surface area contributed by atoms with Gasteiger partial charge in [-0.25, -0.2) is 4.98 Å². The Labute approximate surface area is 216 Å². The number of carbonyl (C=O) groups is 3. The molecule has 1 aromatic rings. The molecule has 4 aliphatic rings. The Morgan fingerprint density at radius 2 is 2.19 bits per heavy atom. The number of aliphatic carboxylic acids is 1. The van der Waals surface area contributed by atoms with Gasteiger partial charge in [0.05, 0.1) is 35.8 Å². The summed E-state index contributed by atoms with van der Waals surface area (Å²) in [5.74, 6) is -2.19. The van der Waals surface area contributed by atoms with Crippen LogP contribution < -0.4 is 45.7 Å². The van der Waals surface area contributed by atoms with Gasteiger partial charge in [0.1, 0.15) is 11.4 Å². The Morgan fingerprint density at radius 3 is 2.75 bits per heavy atom. The molecule has 5 rings (SSSR count). The van der Waals surface area contributed by atoms with Crippen LogP contribution in [0, 0.1) is 5.92 Å². The van der Waals surface area contributed by atoms with E-state index in [0.717, 1.165) is 19.3 Å². The minimum atomic E-state index is -1.27. The molecule has 3 N–H and O–H groups in total. The third-order valence-electron chi connectivity index (χ3n) is 6.95. The molecule has 4 saturated heterocycles. The number of amides is 2. The maximum atomic E-state index is 13.3. The van der Waals surface area contributed by atoms with E-state index in [1.54, 1.807) is 19.2 Å². The Bertz CT molecular complexity index is 943. The number of nitrogens with two attached hydrogens (primary N) is 1. The molecule has 9 nitrogen and oxygen atoms in total. The molecule has 4 fully saturated rings. The van der Waals surface area contributed by atoms with Gasteiger partial charge < -0.3 is 30.6 Å². The molecule has 0 spiro atoms. The first-order chi connectivity index (χ1) is 14.7. The monoisotopic (exact) mass is 488 g/mol. The fraction of sp³-hybridized carbons (Fsp3) is 0.700. The number of β-lactam (4-membered cyclic amide) rings is 1. The normalized spacial score (nSPS) is 35.1. The van der Waals surface area contributed by atoms with Crippen molar-refractivity contribution >= 4 is 46.0 Å². The van der Waals surface area contributed by atoms with Crippen molar-refractivity contribution in [1.82, 2.24) is 15.2 Å². The van der Waals surface area contributed by atoms with Gasteiger partial charge in [-0.2, -0.15) is 0 Å². The van der Waals surface area contributed by atoms with E-state index in [2.05, 4.69) is 10.3 Å². The number of hydrogen-bond acceptors (Lipinski definition) is 9. The van der Waals surface area contributed by atoms with Crippen LogP contribution in [0.15, 0.2) is 5.38 Å². The van der Waals surface area contributed by atoms with Crippen molar-refractivity contribution in [3.05, 3.63) is 11.1 Å². The molecule has 168 valence electrons. The van der Waals surface area contributed by atoms with E-state index in [0.29, 0.717) is 17.2 Å². The number of nitrogen functional groups attached to an aromatic ring is 1. The van der Waals surface area contributed by atoms with Gasteiger partial charge in [0.2, 0.25) is 11.8 Å². The smallest absolute Gasteiger partial charge is 0.548 e. The number of anilines is 1. The van der Waals surface area contributed by atoms with Crippen LogP contribution in [0.25, 0.3) is 0 Å². The summed E-state index contributed by atoms with van der Waals surface area (Å²) < 4.78 is 5.26. The molecule has 2 bridgehead atoms. The van der Waals surface area contributed by atoms with Crippen molar-refractivity contribution in [2.24, 2.45) is 5.92 Å². The Morgan fingerprint density at radius 1 is 1.44 bits per heavy atom. The van der Waals surface area contributed by atoms with Crippen molar-refractivity contribution in [3.63, 3.8) is 0 Å². The summed E-state index contributed by atoms with van der Waals surface area (Å²) in [6, 6.07) is -1.76. The quantitative estimate of drug-likeness (QED) is 0.321. The van der Waals surface area contributed by atoms with Crippen molar-refractivity contribution in [2.45, 2.75) is 79.9 Å². The van der Waals surface area contributed by atoms with Gasteiger partial charge in [-0.05, 0) is 45.4 Å². The summed E-state index contributed by atoms with van der Waals surface area (Å²) in [7, 11) is 0. The zero-order chi connectivity index (χ0) is 22.1. The van der Waals surface area contributed by atoms with E-state index in [4.69, 9.17) is 10.5 Å². The van der Waals surface area contributed by atoms with Gasteiger partial charge in [-0.15, -0.1) is 23.1 Å². The number of aromatic nitrogens is 1. The van der Waals surface area contributed by atoms with E-state index < -0.39 is 34.1 Å². The molecule has 0 radical (unpaired) electrons. The number of thiazole rings is 1. The number of nitrogens with one attached hydrogen (secondary N) is 1. The van der Waals surface area contributed by atoms with E-state index in [-0.39, 0.29) is 59.5 Å². The number of hydrogen-bond donors (Lipinski definition) is 2. The van der Waals surface area contributed by atoms with Gasteiger partial charge >= 0.3 is 29.6 Å². The van der Waals surface area contributed by atoms with Crippen LogP contribution in [-0.4, -0.2) is 62.1 Å². The fourth-order valence-corrected chi connectivity index (χ4v) is 7.73. The van der Waals surface area contributed by atoms with Crippen LogP contribution in [0.3, 0.4) is 0 Å². The van der Waals surface area contributed by atoms with Gasteiger partial charge in [-0.1, -0.05) is 0 Å². The number of rotatable bonds is 6. The van der Waals surface area contributed by atoms with Crippen LogP contribution in [0.4, 0.5) is 5.13 Å². The number of thioether (sulfide) groups is 1. The van der Waals surface area contributed by atoms with E-state index >= 15 is 0 Å². The predicted octanol–water partition coefficient (Wildman–Crippen LogP) is -2.93. The SMILES string of the molecule is CC1(C)S[C@@H]2[C@H](NC(=O)C(CC3CC4CCC3O4)c3csc(N)n3)C(=O)N2[C@H]1C(=O)[O-].[Na+]. The standard InChI is InChI=1S/C20H26N4O5S2.Na/c1-20(2)14(18(27)28)24-16(26)13(17(24)31-20)23-15(25)10(11-7-30-19(21)22-11)6-8-5-9-3-4-12(8)29-9;/h7-10,12-14,17H,3-6H2,1-2H3,(H2,21,22)(H,23,25)(H,27,28);/q;+1/p-1/t8?,9?,10?,12?,13-,14+,17-;/m1./s1. The second kappa shape index (κ2) is 8.74. The fourth-order valence-electron chi connectivity index (χ4n) is 5.50. The van der Waals surface area contributed by atoms with Crippen molar-refractivity contribution in [1.29, 1.82) is 0 Å². The van der Waals surface area contributed by atoms with Crippen LogP contribution in [0.5, 0.6) is 0 Å². The molecule has 5 heterocycles.